The molecule has 5 nitrogen and oxygen atoms in total. The molecule has 150 valence electrons. The first-order valence-corrected chi connectivity index (χ1v) is 10.4. The molecule has 2 aromatic heterocycles. The number of benzene rings is 2. The number of rotatable bonds is 4. The molecular weight excluding hydrogens is 374 g/mol. The summed E-state index contributed by atoms with van der Waals surface area (Å²) in [5.41, 5.74) is 3.94. The highest BCUT2D eigenvalue weighted by Crippen LogP contribution is 2.37. The maximum absolute atomic E-state index is 12.1. The van der Waals surface area contributed by atoms with Gasteiger partial charge < -0.3 is 5.11 Å². The van der Waals surface area contributed by atoms with Crippen molar-refractivity contribution in [1.82, 2.24) is 14.9 Å². The molecular formula is C25H23N3O2. The molecule has 5 rings (SSSR count). The molecule has 1 fully saturated rings. The van der Waals surface area contributed by atoms with E-state index in [1.165, 1.54) is 0 Å². The van der Waals surface area contributed by atoms with Gasteiger partial charge in [-0.3, -0.25) is 19.7 Å². The van der Waals surface area contributed by atoms with Crippen LogP contribution in [0.2, 0.25) is 0 Å². The molecule has 1 aliphatic rings. The van der Waals surface area contributed by atoms with Crippen molar-refractivity contribution in [3.05, 3.63) is 84.2 Å². The molecule has 0 spiro atoms. The van der Waals surface area contributed by atoms with Crippen LogP contribution in [-0.2, 0) is 4.79 Å². The topological polar surface area (TPSA) is 66.3 Å². The summed E-state index contributed by atoms with van der Waals surface area (Å²) in [5, 5.41) is 12.1. The molecule has 0 aliphatic carbocycles. The van der Waals surface area contributed by atoms with Crippen LogP contribution in [0.4, 0.5) is 0 Å². The number of hydrogen-bond donors (Lipinski definition) is 1. The first kappa shape index (κ1) is 18.7. The number of nitrogens with zero attached hydrogens (tertiary/aromatic N) is 3. The Morgan fingerprint density at radius 2 is 1.80 bits per heavy atom. The fourth-order valence-corrected chi connectivity index (χ4v) is 4.67. The molecule has 30 heavy (non-hydrogen) atoms. The second-order valence-corrected chi connectivity index (χ2v) is 7.87. The van der Waals surface area contributed by atoms with Crippen molar-refractivity contribution < 1.29 is 9.90 Å². The molecule has 3 heterocycles. The maximum Gasteiger partial charge on any atom is 0.320 e. The van der Waals surface area contributed by atoms with Crippen molar-refractivity contribution >= 4 is 27.8 Å². The van der Waals surface area contributed by atoms with E-state index < -0.39 is 12.0 Å². The number of piperidine rings is 1. The van der Waals surface area contributed by atoms with Gasteiger partial charge in [0.25, 0.3) is 0 Å². The number of carboxylic acids is 1. The molecule has 0 radical (unpaired) electrons. The quantitative estimate of drug-likeness (QED) is 0.535. The summed E-state index contributed by atoms with van der Waals surface area (Å²) in [6.07, 6.45) is 6.31. The van der Waals surface area contributed by atoms with Gasteiger partial charge in [-0.2, -0.15) is 0 Å². The number of para-hydroxylation sites is 2. The third-order valence-electron chi connectivity index (χ3n) is 6.07. The maximum atomic E-state index is 12.1. The fourth-order valence-electron chi connectivity index (χ4n) is 4.67. The van der Waals surface area contributed by atoms with Gasteiger partial charge >= 0.3 is 5.97 Å². The second-order valence-electron chi connectivity index (χ2n) is 7.87. The average Bonchev–Trinajstić information content (AvgIpc) is 2.79. The third kappa shape index (κ3) is 3.31. The van der Waals surface area contributed by atoms with Crippen LogP contribution in [-0.4, -0.2) is 38.5 Å². The number of aromatic nitrogens is 2. The number of carboxylic acid groups (broad SMARTS) is 1. The minimum Gasteiger partial charge on any atom is -0.480 e. The zero-order valence-electron chi connectivity index (χ0n) is 16.6. The summed E-state index contributed by atoms with van der Waals surface area (Å²) < 4.78 is 0. The molecule has 0 saturated carbocycles. The van der Waals surface area contributed by atoms with E-state index >= 15 is 0 Å². The largest absolute Gasteiger partial charge is 0.480 e. The van der Waals surface area contributed by atoms with Crippen molar-refractivity contribution in [3.8, 4) is 0 Å². The summed E-state index contributed by atoms with van der Waals surface area (Å²) in [5.74, 6) is -0.758. The van der Waals surface area contributed by atoms with Gasteiger partial charge in [0.2, 0.25) is 0 Å². The van der Waals surface area contributed by atoms with E-state index in [4.69, 9.17) is 0 Å². The van der Waals surface area contributed by atoms with Crippen LogP contribution in [0, 0.1) is 0 Å². The predicted octanol–water partition coefficient (Wildman–Crippen LogP) is 4.81. The number of carbonyl (C=O) groups is 1. The standard InChI is InChI=1S/C25H23N3O2/c29-25(30)23-11-5-6-14-28(23)24(18-15-17-7-1-3-9-21(17)27-16-18)20-12-13-26-22-10-4-2-8-19(20)22/h1-4,7-10,12-13,15-16,23-24H,5-6,11,14H2,(H,29,30). The van der Waals surface area contributed by atoms with Crippen LogP contribution in [0.5, 0.6) is 0 Å². The number of fused-ring (bicyclic) bond motifs is 2. The lowest BCUT2D eigenvalue weighted by Crippen LogP contribution is -2.46. The molecule has 0 bridgehead atoms. The SMILES string of the molecule is O=C(O)C1CCCCN1C(c1cnc2ccccc2c1)c1ccnc2ccccc12. The molecule has 1 N–H and O–H groups in total. The van der Waals surface area contributed by atoms with E-state index in [-0.39, 0.29) is 6.04 Å². The molecule has 0 amide bonds. The van der Waals surface area contributed by atoms with E-state index in [0.717, 1.165) is 52.3 Å². The lowest BCUT2D eigenvalue weighted by molar-refractivity contribution is -0.145. The van der Waals surface area contributed by atoms with Crippen molar-refractivity contribution in [1.29, 1.82) is 0 Å². The highest BCUT2D eigenvalue weighted by Gasteiger charge is 2.36. The van der Waals surface area contributed by atoms with Crippen LogP contribution in [0.3, 0.4) is 0 Å². The van der Waals surface area contributed by atoms with Gasteiger partial charge in [-0.1, -0.05) is 42.8 Å². The normalized spacial score (nSPS) is 18.5. The average molecular weight is 397 g/mol. The predicted molar refractivity (Wildman–Crippen MR) is 117 cm³/mol. The lowest BCUT2D eigenvalue weighted by atomic mass is 9.90. The zero-order valence-corrected chi connectivity index (χ0v) is 16.6. The van der Waals surface area contributed by atoms with Gasteiger partial charge in [0.05, 0.1) is 17.1 Å². The minimum atomic E-state index is -0.758. The first-order chi connectivity index (χ1) is 14.7. The Labute approximate surface area is 175 Å². The van der Waals surface area contributed by atoms with Gasteiger partial charge in [-0.15, -0.1) is 0 Å². The molecule has 4 aromatic rings. The van der Waals surface area contributed by atoms with Crippen LogP contribution < -0.4 is 0 Å². The molecule has 1 saturated heterocycles. The van der Waals surface area contributed by atoms with Gasteiger partial charge in [-0.25, -0.2) is 0 Å². The molecule has 5 heteroatoms. The molecule has 2 aromatic carbocycles. The number of pyridine rings is 2. The smallest absolute Gasteiger partial charge is 0.320 e. The van der Waals surface area contributed by atoms with Gasteiger partial charge in [0.1, 0.15) is 6.04 Å². The number of likely N-dealkylation sites (tertiary alicyclic amines) is 1. The van der Waals surface area contributed by atoms with Crippen LogP contribution >= 0.6 is 0 Å². The summed E-state index contributed by atoms with van der Waals surface area (Å²) in [7, 11) is 0. The van der Waals surface area contributed by atoms with Crippen molar-refractivity contribution in [2.45, 2.75) is 31.3 Å². The fraction of sp³-hybridized carbons (Fsp3) is 0.240. The van der Waals surface area contributed by atoms with Gasteiger partial charge in [0.15, 0.2) is 0 Å². The van der Waals surface area contributed by atoms with Gasteiger partial charge in [0, 0.05) is 23.2 Å². The second kappa shape index (κ2) is 7.84. The van der Waals surface area contributed by atoms with E-state index in [9.17, 15) is 9.90 Å². The lowest BCUT2D eigenvalue weighted by Gasteiger charge is -2.40. The first-order valence-electron chi connectivity index (χ1n) is 10.4. The molecule has 2 unspecified atom stereocenters. The van der Waals surface area contributed by atoms with E-state index in [2.05, 4.69) is 33.1 Å². The molecule has 1 aliphatic heterocycles. The minimum absolute atomic E-state index is 0.198. The van der Waals surface area contributed by atoms with E-state index in [1.54, 1.807) is 0 Å². The Morgan fingerprint density at radius 3 is 2.67 bits per heavy atom. The summed E-state index contributed by atoms with van der Waals surface area (Å²) >= 11 is 0. The van der Waals surface area contributed by atoms with Crippen molar-refractivity contribution in [3.63, 3.8) is 0 Å². The highest BCUT2D eigenvalue weighted by molar-refractivity contribution is 5.84. The van der Waals surface area contributed by atoms with Crippen molar-refractivity contribution in [2.24, 2.45) is 0 Å². The Morgan fingerprint density at radius 1 is 1.00 bits per heavy atom. The van der Waals surface area contributed by atoms with Crippen LogP contribution in [0.25, 0.3) is 21.8 Å². The number of hydrogen-bond acceptors (Lipinski definition) is 4. The Hall–Kier alpha value is -3.31. The Kier molecular flexibility index (Phi) is 4.89. The third-order valence-corrected chi connectivity index (χ3v) is 6.07. The Balaban J connectivity index is 1.73. The highest BCUT2D eigenvalue weighted by atomic mass is 16.4. The van der Waals surface area contributed by atoms with Crippen LogP contribution in [0.1, 0.15) is 36.4 Å². The van der Waals surface area contributed by atoms with E-state index in [1.807, 2.05) is 54.9 Å². The number of aliphatic carboxylic acids is 1. The van der Waals surface area contributed by atoms with Gasteiger partial charge in [-0.05, 0) is 54.8 Å². The monoisotopic (exact) mass is 397 g/mol. The summed E-state index contributed by atoms with van der Waals surface area (Å²) in [4.78, 5) is 23.5. The molecule has 2 atom stereocenters. The summed E-state index contributed by atoms with van der Waals surface area (Å²) in [6, 6.07) is 19.6. The zero-order chi connectivity index (χ0) is 20.5. The van der Waals surface area contributed by atoms with E-state index in [0.29, 0.717) is 6.42 Å². The van der Waals surface area contributed by atoms with Crippen LogP contribution in [0.15, 0.2) is 73.1 Å². The van der Waals surface area contributed by atoms with Crippen molar-refractivity contribution in [2.75, 3.05) is 6.54 Å². The summed E-state index contributed by atoms with van der Waals surface area (Å²) in [6.45, 7) is 0.741. The Bertz CT molecular complexity index is 1220.